The fourth-order valence-electron chi connectivity index (χ4n) is 7.10. The van der Waals surface area contributed by atoms with Crippen molar-refractivity contribution in [2.45, 2.75) is 76.0 Å². The molecule has 5 rings (SSSR count). The minimum Gasteiger partial charge on any atom is -0.343 e. The van der Waals surface area contributed by atoms with Crippen LogP contribution in [0, 0.1) is 11.8 Å². The number of nitrogens with zero attached hydrogens (tertiary/aromatic N) is 3. The van der Waals surface area contributed by atoms with Crippen molar-refractivity contribution in [3.05, 3.63) is 29.8 Å². The lowest BCUT2D eigenvalue weighted by molar-refractivity contribution is -0.141. The highest BCUT2D eigenvalue weighted by Crippen LogP contribution is 2.41. The summed E-state index contributed by atoms with van der Waals surface area (Å²) in [7, 11) is -1.88. The Morgan fingerprint density at radius 2 is 1.74 bits per heavy atom. The van der Waals surface area contributed by atoms with Gasteiger partial charge in [-0.05, 0) is 57.2 Å². The molecule has 2 N–H and O–H groups in total. The number of benzene rings is 1. The summed E-state index contributed by atoms with van der Waals surface area (Å²) in [5.74, 6) is -1.21. The molecule has 3 fully saturated rings. The second-order valence-electron chi connectivity index (χ2n) is 11.6. The van der Waals surface area contributed by atoms with Gasteiger partial charge in [-0.2, -0.15) is 4.31 Å². The van der Waals surface area contributed by atoms with E-state index in [1.54, 1.807) is 23.8 Å². The summed E-state index contributed by atoms with van der Waals surface area (Å²) < 4.78 is 27.0. The summed E-state index contributed by atoms with van der Waals surface area (Å²) in [6.07, 6.45) is 7.25. The van der Waals surface area contributed by atoms with Crippen LogP contribution in [0.2, 0.25) is 0 Å². The summed E-state index contributed by atoms with van der Waals surface area (Å²) in [5.41, 5.74) is 1.96. The first-order valence-electron chi connectivity index (χ1n) is 14.3. The summed E-state index contributed by atoms with van der Waals surface area (Å²) in [4.78, 5) is 44.8. The first-order chi connectivity index (χ1) is 18.6. The van der Waals surface area contributed by atoms with Gasteiger partial charge in [0.1, 0.15) is 6.04 Å². The van der Waals surface area contributed by atoms with Crippen molar-refractivity contribution in [1.82, 2.24) is 19.8 Å². The van der Waals surface area contributed by atoms with Crippen LogP contribution >= 0.6 is 0 Å². The summed E-state index contributed by atoms with van der Waals surface area (Å²) in [5, 5.41) is 5.97. The van der Waals surface area contributed by atoms with Gasteiger partial charge >= 0.3 is 0 Å². The van der Waals surface area contributed by atoms with Crippen LogP contribution in [0.15, 0.2) is 24.3 Å². The van der Waals surface area contributed by atoms with Crippen LogP contribution in [0.5, 0.6) is 0 Å². The quantitative estimate of drug-likeness (QED) is 0.517. The largest absolute Gasteiger partial charge is 0.343 e. The van der Waals surface area contributed by atoms with Gasteiger partial charge in [0.05, 0.1) is 24.3 Å². The second-order valence-corrected chi connectivity index (χ2v) is 13.5. The number of likely N-dealkylation sites (tertiary alicyclic amines) is 1. The van der Waals surface area contributed by atoms with E-state index >= 15 is 0 Å². The van der Waals surface area contributed by atoms with E-state index in [-0.39, 0.29) is 30.2 Å². The molecular weight excluding hydrogens is 518 g/mol. The van der Waals surface area contributed by atoms with Crippen molar-refractivity contribution >= 4 is 33.4 Å². The number of carbonyl (C=O) groups is 3. The zero-order chi connectivity index (χ0) is 27.9. The Morgan fingerprint density at radius 3 is 2.44 bits per heavy atom. The fraction of sp³-hybridized carbons (Fsp3) is 0.679. The molecule has 1 aromatic carbocycles. The number of hydrogen-bond donors (Lipinski definition) is 2. The van der Waals surface area contributed by atoms with Crippen molar-refractivity contribution in [2.75, 3.05) is 37.8 Å². The highest BCUT2D eigenvalue weighted by Gasteiger charge is 2.57. The summed E-state index contributed by atoms with van der Waals surface area (Å²) in [6.45, 7) is 2.72. The maximum Gasteiger partial charge on any atom is 0.245 e. The molecule has 3 heterocycles. The Morgan fingerprint density at radius 1 is 1.03 bits per heavy atom. The van der Waals surface area contributed by atoms with Crippen LogP contribution in [0.3, 0.4) is 0 Å². The van der Waals surface area contributed by atoms with Gasteiger partial charge < -0.3 is 20.4 Å². The van der Waals surface area contributed by atoms with Gasteiger partial charge in [0, 0.05) is 31.4 Å². The average molecular weight is 560 g/mol. The van der Waals surface area contributed by atoms with Crippen molar-refractivity contribution in [2.24, 2.45) is 11.8 Å². The molecule has 0 radical (unpaired) electrons. The highest BCUT2D eigenvalue weighted by atomic mass is 32.2. The van der Waals surface area contributed by atoms with E-state index < -0.39 is 40.1 Å². The SMILES string of the molecule is CNC(C)C(=O)NC(C(=O)N1CCC2C1C(C(=O)N1CCc3ccccc31)CN2S(C)(=O)=O)C1CCCCC1. The first-order valence-corrected chi connectivity index (χ1v) is 16.1. The van der Waals surface area contributed by atoms with E-state index in [4.69, 9.17) is 0 Å². The molecule has 3 aliphatic heterocycles. The zero-order valence-electron chi connectivity index (χ0n) is 23.1. The predicted molar refractivity (Wildman–Crippen MR) is 148 cm³/mol. The van der Waals surface area contributed by atoms with E-state index in [2.05, 4.69) is 10.6 Å². The van der Waals surface area contributed by atoms with Crippen LogP contribution < -0.4 is 15.5 Å². The van der Waals surface area contributed by atoms with Gasteiger partial charge in [-0.25, -0.2) is 8.42 Å². The van der Waals surface area contributed by atoms with Crippen LogP contribution in [-0.2, 0) is 30.8 Å². The number of nitrogens with one attached hydrogen (secondary N) is 2. The maximum absolute atomic E-state index is 14.3. The molecule has 4 aliphatic rings. The monoisotopic (exact) mass is 559 g/mol. The molecule has 0 spiro atoms. The Hall–Kier alpha value is -2.50. The number of para-hydroxylation sites is 1. The number of carbonyl (C=O) groups excluding carboxylic acids is 3. The van der Waals surface area contributed by atoms with Gasteiger partial charge in [-0.1, -0.05) is 37.5 Å². The molecule has 2 saturated heterocycles. The van der Waals surface area contributed by atoms with Crippen LogP contribution in [0.1, 0.15) is 51.0 Å². The molecule has 10 nitrogen and oxygen atoms in total. The van der Waals surface area contributed by atoms with Gasteiger partial charge in [-0.15, -0.1) is 0 Å². The molecule has 11 heteroatoms. The minimum absolute atomic E-state index is 0.0188. The standard InChI is InChI=1S/C28H41N5O5S/c1-18(29-2)26(34)30-24(20-10-5-4-6-11-20)28(36)32-16-14-23-25(32)21(17-33(23)39(3,37)38)27(35)31-15-13-19-9-7-8-12-22(19)31/h7-9,12,18,20-21,23-25,29H,4-6,10-11,13-17H2,1-3H3,(H,30,34). The molecule has 39 heavy (non-hydrogen) atoms. The van der Waals surface area contributed by atoms with Gasteiger partial charge in [0.2, 0.25) is 27.7 Å². The molecule has 0 aromatic heterocycles. The maximum atomic E-state index is 14.3. The van der Waals surface area contributed by atoms with Crippen molar-refractivity contribution < 1.29 is 22.8 Å². The Balaban J connectivity index is 1.45. The summed E-state index contributed by atoms with van der Waals surface area (Å²) in [6, 6.07) is 5.64. The van der Waals surface area contributed by atoms with Gasteiger partial charge in [0.25, 0.3) is 0 Å². The number of hydrogen-bond acceptors (Lipinski definition) is 6. The molecule has 1 aromatic rings. The topological polar surface area (TPSA) is 119 Å². The van der Waals surface area contributed by atoms with Crippen molar-refractivity contribution in [3.8, 4) is 0 Å². The van der Waals surface area contributed by atoms with Crippen molar-refractivity contribution in [3.63, 3.8) is 0 Å². The lowest BCUT2D eigenvalue weighted by Crippen LogP contribution is -2.58. The molecule has 214 valence electrons. The number of fused-ring (bicyclic) bond motifs is 2. The van der Waals surface area contributed by atoms with Crippen LogP contribution in [0.25, 0.3) is 0 Å². The lowest BCUT2D eigenvalue weighted by atomic mass is 9.83. The smallest absolute Gasteiger partial charge is 0.245 e. The number of anilines is 1. The number of likely N-dealkylation sites (N-methyl/N-ethyl adjacent to an activating group) is 1. The normalized spacial score (nSPS) is 27.2. The van der Waals surface area contributed by atoms with E-state index in [1.807, 2.05) is 24.3 Å². The van der Waals surface area contributed by atoms with Crippen molar-refractivity contribution in [1.29, 1.82) is 0 Å². The van der Waals surface area contributed by atoms with Gasteiger partial charge in [0.15, 0.2) is 0 Å². The van der Waals surface area contributed by atoms with Crippen LogP contribution in [0.4, 0.5) is 5.69 Å². The average Bonchev–Trinajstić information content (AvgIpc) is 3.64. The second kappa shape index (κ2) is 11.2. The molecule has 5 unspecified atom stereocenters. The number of amides is 3. The number of sulfonamides is 1. The molecule has 0 bridgehead atoms. The number of rotatable bonds is 7. The molecule has 1 saturated carbocycles. The molecule has 1 aliphatic carbocycles. The Labute approximate surface area is 231 Å². The first kappa shape index (κ1) is 28.0. The zero-order valence-corrected chi connectivity index (χ0v) is 24.0. The van der Waals surface area contributed by atoms with E-state index in [9.17, 15) is 22.8 Å². The highest BCUT2D eigenvalue weighted by molar-refractivity contribution is 7.88. The third-order valence-electron chi connectivity index (χ3n) is 9.27. The molecule has 5 atom stereocenters. The van der Waals surface area contributed by atoms with Gasteiger partial charge in [-0.3, -0.25) is 14.4 Å². The minimum atomic E-state index is -3.58. The van der Waals surface area contributed by atoms with Crippen LogP contribution in [-0.4, -0.2) is 92.4 Å². The predicted octanol–water partition coefficient (Wildman–Crippen LogP) is 1.11. The Kier molecular flexibility index (Phi) is 8.03. The Bertz CT molecular complexity index is 1220. The lowest BCUT2D eigenvalue weighted by Gasteiger charge is -2.37. The molecular formula is C28H41N5O5S. The van der Waals surface area contributed by atoms with E-state index in [1.165, 1.54) is 10.6 Å². The third kappa shape index (κ3) is 5.32. The fourth-order valence-corrected chi connectivity index (χ4v) is 8.26. The van der Waals surface area contributed by atoms with E-state index in [0.717, 1.165) is 49.8 Å². The molecule has 3 amide bonds. The van der Waals surface area contributed by atoms with E-state index in [0.29, 0.717) is 19.5 Å². The summed E-state index contributed by atoms with van der Waals surface area (Å²) >= 11 is 0. The third-order valence-corrected chi connectivity index (χ3v) is 10.5.